The molecule has 2 fully saturated rings. The first-order valence-electron chi connectivity index (χ1n) is 8.59. The van der Waals surface area contributed by atoms with E-state index in [1.54, 1.807) is 6.07 Å². The summed E-state index contributed by atoms with van der Waals surface area (Å²) in [6.07, 6.45) is 5.69. The minimum Gasteiger partial charge on any atom is -0.378 e. The molecule has 2 atom stereocenters. The van der Waals surface area contributed by atoms with Gasteiger partial charge < -0.3 is 15.0 Å². The van der Waals surface area contributed by atoms with Crippen LogP contribution in [0.3, 0.4) is 0 Å². The van der Waals surface area contributed by atoms with Crippen molar-refractivity contribution in [3.63, 3.8) is 0 Å². The molecule has 0 saturated heterocycles. The van der Waals surface area contributed by atoms with Gasteiger partial charge in [0.2, 0.25) is 0 Å². The first kappa shape index (κ1) is 16.0. The monoisotopic (exact) mass is 344 g/mol. The number of aromatic amines is 1. The molecule has 1 aromatic carbocycles. The molecule has 0 unspecified atom stereocenters. The Balaban J connectivity index is 1.68. The van der Waals surface area contributed by atoms with Gasteiger partial charge in [-0.15, -0.1) is 0 Å². The van der Waals surface area contributed by atoms with E-state index >= 15 is 0 Å². The molecule has 8 nitrogen and oxygen atoms in total. The van der Waals surface area contributed by atoms with Gasteiger partial charge in [-0.05, 0) is 32.3 Å². The Morgan fingerprint density at radius 1 is 1.48 bits per heavy atom. The third kappa shape index (κ3) is 2.39. The standard InChI is InChI=1S/C17H20N4O4/c1-2-25-15-8-14(17(15)4-3-5-17)20-12-7-11-10(6-13(12)21(23)24)16(22)19-9-18-11/h6-7,9,14-15,20H,2-5,8H2,1H3,(H,18,19,22)/t14-,15-/m1/s1. The van der Waals surface area contributed by atoms with Gasteiger partial charge in [-0.2, -0.15) is 0 Å². The normalized spacial score (nSPS) is 23.9. The minimum absolute atomic E-state index is 0.0838. The summed E-state index contributed by atoms with van der Waals surface area (Å²) in [4.78, 5) is 29.5. The van der Waals surface area contributed by atoms with Crippen LogP contribution in [0.5, 0.6) is 0 Å². The molecule has 2 saturated carbocycles. The zero-order valence-electron chi connectivity index (χ0n) is 13.9. The Morgan fingerprint density at radius 2 is 2.28 bits per heavy atom. The fraction of sp³-hybridized carbons (Fsp3) is 0.529. The number of hydrogen-bond donors (Lipinski definition) is 2. The number of fused-ring (bicyclic) bond motifs is 1. The van der Waals surface area contributed by atoms with Crippen molar-refractivity contribution < 1.29 is 9.66 Å². The molecule has 0 radical (unpaired) electrons. The predicted octanol–water partition coefficient (Wildman–Crippen LogP) is 2.59. The van der Waals surface area contributed by atoms with Crippen LogP contribution >= 0.6 is 0 Å². The van der Waals surface area contributed by atoms with Crippen molar-refractivity contribution in [2.24, 2.45) is 5.41 Å². The SMILES string of the molecule is CCO[C@@H]1C[C@@H](Nc2cc3nc[nH]c(=O)c3cc2[N+](=O)[O-])C12CCC2. The van der Waals surface area contributed by atoms with Crippen LogP contribution in [-0.2, 0) is 4.74 Å². The maximum atomic E-state index is 11.9. The second-order valence-electron chi connectivity index (χ2n) is 6.84. The summed E-state index contributed by atoms with van der Waals surface area (Å²) in [5.41, 5.74) is 0.470. The number of benzene rings is 1. The maximum Gasteiger partial charge on any atom is 0.293 e. The van der Waals surface area contributed by atoms with Gasteiger partial charge in [0.1, 0.15) is 5.69 Å². The lowest BCUT2D eigenvalue weighted by Gasteiger charge is -2.61. The van der Waals surface area contributed by atoms with Crippen LogP contribution in [0.1, 0.15) is 32.6 Å². The summed E-state index contributed by atoms with van der Waals surface area (Å²) >= 11 is 0. The number of nitro groups is 1. The number of anilines is 1. The molecule has 2 N–H and O–H groups in total. The molecule has 0 amide bonds. The topological polar surface area (TPSA) is 110 Å². The third-order valence-electron chi connectivity index (χ3n) is 5.72. The number of aromatic nitrogens is 2. The second-order valence-corrected chi connectivity index (χ2v) is 6.84. The molecule has 2 aromatic rings. The van der Waals surface area contributed by atoms with Crippen LogP contribution in [0.4, 0.5) is 11.4 Å². The molecule has 1 aromatic heterocycles. The summed E-state index contributed by atoms with van der Waals surface area (Å²) in [5.74, 6) is 0. The molecule has 1 spiro atoms. The quantitative estimate of drug-likeness (QED) is 0.637. The second kappa shape index (κ2) is 5.80. The first-order chi connectivity index (χ1) is 12.0. The molecule has 8 heteroatoms. The number of ether oxygens (including phenoxy) is 1. The Kier molecular flexibility index (Phi) is 3.72. The van der Waals surface area contributed by atoms with Gasteiger partial charge in [0.25, 0.3) is 11.2 Å². The first-order valence-corrected chi connectivity index (χ1v) is 8.59. The highest BCUT2D eigenvalue weighted by atomic mass is 16.6. The molecule has 0 bridgehead atoms. The molecule has 1 heterocycles. The smallest absolute Gasteiger partial charge is 0.293 e. The highest BCUT2D eigenvalue weighted by Gasteiger charge is 2.59. The van der Waals surface area contributed by atoms with Crippen LogP contribution in [0.15, 0.2) is 23.3 Å². The summed E-state index contributed by atoms with van der Waals surface area (Å²) in [7, 11) is 0. The highest BCUT2D eigenvalue weighted by Crippen LogP contribution is 2.58. The van der Waals surface area contributed by atoms with Crippen LogP contribution < -0.4 is 10.9 Å². The van der Waals surface area contributed by atoms with Crippen molar-refractivity contribution in [3.8, 4) is 0 Å². The number of nitro benzene ring substituents is 1. The van der Waals surface area contributed by atoms with Gasteiger partial charge in [-0.3, -0.25) is 14.9 Å². The summed E-state index contributed by atoms with van der Waals surface area (Å²) < 4.78 is 5.84. The molecular formula is C17H20N4O4. The van der Waals surface area contributed by atoms with E-state index in [1.165, 1.54) is 18.8 Å². The molecule has 4 rings (SSSR count). The van der Waals surface area contributed by atoms with Crippen molar-refractivity contribution in [1.29, 1.82) is 0 Å². The van der Waals surface area contributed by atoms with E-state index in [2.05, 4.69) is 15.3 Å². The van der Waals surface area contributed by atoms with Gasteiger partial charge in [-0.25, -0.2) is 4.98 Å². The van der Waals surface area contributed by atoms with Crippen LogP contribution in [0, 0.1) is 15.5 Å². The largest absolute Gasteiger partial charge is 0.378 e. The summed E-state index contributed by atoms with van der Waals surface area (Å²) in [6, 6.07) is 3.05. The summed E-state index contributed by atoms with van der Waals surface area (Å²) in [5, 5.41) is 15.1. The zero-order valence-corrected chi connectivity index (χ0v) is 13.9. The van der Waals surface area contributed by atoms with Crippen molar-refractivity contribution in [2.75, 3.05) is 11.9 Å². The van der Waals surface area contributed by atoms with E-state index in [-0.39, 0.29) is 34.2 Å². The van der Waals surface area contributed by atoms with E-state index < -0.39 is 4.92 Å². The number of hydrogen-bond acceptors (Lipinski definition) is 6. The van der Waals surface area contributed by atoms with Crippen LogP contribution in [-0.4, -0.2) is 33.6 Å². The molecule has 2 aliphatic rings. The van der Waals surface area contributed by atoms with Crippen molar-refractivity contribution >= 4 is 22.3 Å². The maximum absolute atomic E-state index is 11.9. The van der Waals surface area contributed by atoms with Gasteiger partial charge >= 0.3 is 0 Å². The Bertz CT molecular complexity index is 890. The molecule has 132 valence electrons. The van der Waals surface area contributed by atoms with Crippen LogP contribution in [0.2, 0.25) is 0 Å². The average molecular weight is 344 g/mol. The van der Waals surface area contributed by atoms with Gasteiger partial charge in [-0.1, -0.05) is 6.42 Å². The predicted molar refractivity (Wildman–Crippen MR) is 92.7 cm³/mol. The van der Waals surface area contributed by atoms with Gasteiger partial charge in [0, 0.05) is 24.1 Å². The van der Waals surface area contributed by atoms with Crippen molar-refractivity contribution in [1.82, 2.24) is 9.97 Å². The van der Waals surface area contributed by atoms with Crippen molar-refractivity contribution in [3.05, 3.63) is 38.9 Å². The van der Waals surface area contributed by atoms with E-state index in [4.69, 9.17) is 4.74 Å². The number of H-pyrrole nitrogens is 1. The number of nitrogens with zero attached hydrogens (tertiary/aromatic N) is 2. The highest BCUT2D eigenvalue weighted by molar-refractivity contribution is 5.86. The fourth-order valence-corrected chi connectivity index (χ4v) is 4.20. The number of nitrogens with one attached hydrogen (secondary N) is 2. The minimum atomic E-state index is -0.458. The third-order valence-corrected chi connectivity index (χ3v) is 5.72. The fourth-order valence-electron chi connectivity index (χ4n) is 4.20. The molecular weight excluding hydrogens is 324 g/mol. The molecule has 0 aliphatic heterocycles. The van der Waals surface area contributed by atoms with Gasteiger partial charge in [0.05, 0.1) is 28.3 Å². The summed E-state index contributed by atoms with van der Waals surface area (Å²) in [6.45, 7) is 2.67. The average Bonchev–Trinajstić information content (AvgIpc) is 2.51. The van der Waals surface area contributed by atoms with E-state index in [1.807, 2.05) is 6.92 Å². The van der Waals surface area contributed by atoms with E-state index in [0.717, 1.165) is 19.3 Å². The van der Waals surface area contributed by atoms with E-state index in [9.17, 15) is 14.9 Å². The lowest BCUT2D eigenvalue weighted by molar-refractivity contribution is -0.383. The molecule has 25 heavy (non-hydrogen) atoms. The van der Waals surface area contributed by atoms with Gasteiger partial charge in [0.15, 0.2) is 0 Å². The van der Waals surface area contributed by atoms with Crippen LogP contribution in [0.25, 0.3) is 10.9 Å². The lowest BCUT2D eigenvalue weighted by Crippen LogP contribution is -2.64. The number of rotatable bonds is 5. The van der Waals surface area contributed by atoms with E-state index in [0.29, 0.717) is 17.8 Å². The lowest BCUT2D eigenvalue weighted by atomic mass is 9.51. The Hall–Kier alpha value is -2.48. The Morgan fingerprint density at radius 3 is 2.92 bits per heavy atom. The van der Waals surface area contributed by atoms with Crippen molar-refractivity contribution in [2.45, 2.75) is 44.8 Å². The zero-order chi connectivity index (χ0) is 17.6. The Labute approximate surface area is 143 Å². The molecule has 2 aliphatic carbocycles.